The lowest BCUT2D eigenvalue weighted by Gasteiger charge is -2.30. The summed E-state index contributed by atoms with van der Waals surface area (Å²) >= 11 is 0. The Bertz CT molecular complexity index is 1440. The third-order valence-corrected chi connectivity index (χ3v) is 6.25. The van der Waals surface area contributed by atoms with Gasteiger partial charge in [-0.05, 0) is 64.4 Å². The highest BCUT2D eigenvalue weighted by Crippen LogP contribution is 2.40. The SMILES string of the molecule is COC(=O)C1=C(C)NC(C)=C(C(=O)OCCOc2ccc(OCCNC(=O)OC(C)(C)C)cc2)C1c1cccc([N+](=O)[O-])c1. The van der Waals surface area contributed by atoms with Crippen LogP contribution in [0.4, 0.5) is 10.5 Å². The number of methoxy groups -OCH3 is 1. The molecule has 0 aromatic heterocycles. The third kappa shape index (κ3) is 9.21. The molecule has 2 N–H and O–H groups in total. The highest BCUT2D eigenvalue weighted by atomic mass is 16.6. The maximum atomic E-state index is 13.3. The molecule has 0 bridgehead atoms. The second kappa shape index (κ2) is 14.9. The van der Waals surface area contributed by atoms with Gasteiger partial charge in [-0.25, -0.2) is 14.4 Å². The summed E-state index contributed by atoms with van der Waals surface area (Å²) < 4.78 is 26.9. The van der Waals surface area contributed by atoms with E-state index < -0.39 is 34.5 Å². The van der Waals surface area contributed by atoms with Crippen molar-refractivity contribution in [3.05, 3.63) is 86.7 Å². The third-order valence-electron chi connectivity index (χ3n) is 6.25. The first kappa shape index (κ1) is 33.4. The first-order valence-corrected chi connectivity index (χ1v) is 13.8. The van der Waals surface area contributed by atoms with Crippen LogP contribution in [0.15, 0.2) is 71.1 Å². The molecule has 0 aliphatic carbocycles. The number of ether oxygens (including phenoxy) is 5. The Morgan fingerprint density at radius 1 is 0.909 bits per heavy atom. The van der Waals surface area contributed by atoms with Crippen LogP contribution in [0.25, 0.3) is 0 Å². The molecule has 44 heavy (non-hydrogen) atoms. The number of alkyl carbamates (subject to hydrolysis) is 1. The zero-order valence-electron chi connectivity index (χ0n) is 25.6. The molecule has 236 valence electrons. The van der Waals surface area contributed by atoms with Crippen LogP contribution in [-0.2, 0) is 23.8 Å². The Kier molecular flexibility index (Phi) is 11.3. The van der Waals surface area contributed by atoms with Crippen molar-refractivity contribution in [2.45, 2.75) is 46.1 Å². The number of nitro groups is 1. The van der Waals surface area contributed by atoms with Crippen molar-refractivity contribution in [2.75, 3.05) is 33.5 Å². The number of dihydropyridines is 1. The molecule has 1 heterocycles. The number of nitrogens with zero attached hydrogens (tertiary/aromatic N) is 1. The number of carbonyl (C=O) groups is 3. The molecule has 2 aromatic rings. The number of nitro benzene ring substituents is 1. The Morgan fingerprint density at radius 3 is 2.07 bits per heavy atom. The molecular weight excluding hydrogens is 574 g/mol. The molecular formula is C31H37N3O10. The molecule has 0 saturated carbocycles. The number of carbonyl (C=O) groups excluding carboxylic acids is 3. The maximum absolute atomic E-state index is 13.3. The minimum atomic E-state index is -0.955. The predicted molar refractivity (Wildman–Crippen MR) is 159 cm³/mol. The topological polar surface area (TPSA) is 165 Å². The van der Waals surface area contributed by atoms with E-state index in [4.69, 9.17) is 23.7 Å². The number of nitrogens with one attached hydrogen (secondary N) is 2. The van der Waals surface area contributed by atoms with Crippen LogP contribution in [0.5, 0.6) is 11.5 Å². The largest absolute Gasteiger partial charge is 0.492 e. The van der Waals surface area contributed by atoms with Crippen molar-refractivity contribution < 1.29 is 43.0 Å². The van der Waals surface area contributed by atoms with E-state index in [0.717, 1.165) is 0 Å². The molecule has 1 aliphatic rings. The van der Waals surface area contributed by atoms with Crippen LogP contribution in [0, 0.1) is 10.1 Å². The molecule has 1 unspecified atom stereocenters. The van der Waals surface area contributed by atoms with Gasteiger partial charge in [0.15, 0.2) is 0 Å². The lowest BCUT2D eigenvalue weighted by Crippen LogP contribution is -2.34. The lowest BCUT2D eigenvalue weighted by atomic mass is 9.80. The normalized spacial score (nSPS) is 14.7. The molecule has 1 aliphatic heterocycles. The van der Waals surface area contributed by atoms with E-state index >= 15 is 0 Å². The number of benzene rings is 2. The van der Waals surface area contributed by atoms with E-state index in [2.05, 4.69) is 10.6 Å². The highest BCUT2D eigenvalue weighted by molar-refractivity contribution is 5.99. The number of amides is 1. The van der Waals surface area contributed by atoms with Gasteiger partial charge in [-0.15, -0.1) is 0 Å². The Balaban J connectivity index is 1.58. The number of non-ortho nitro benzene ring substituents is 1. The molecule has 1 atom stereocenters. The molecule has 3 rings (SSSR count). The van der Waals surface area contributed by atoms with Gasteiger partial charge in [0.2, 0.25) is 0 Å². The fourth-order valence-electron chi connectivity index (χ4n) is 4.44. The van der Waals surface area contributed by atoms with E-state index in [-0.39, 0.29) is 43.2 Å². The van der Waals surface area contributed by atoms with E-state index in [9.17, 15) is 24.5 Å². The van der Waals surface area contributed by atoms with Crippen LogP contribution in [0.2, 0.25) is 0 Å². The van der Waals surface area contributed by atoms with Crippen LogP contribution in [0.3, 0.4) is 0 Å². The summed E-state index contributed by atoms with van der Waals surface area (Å²) in [5.41, 5.74) is 0.764. The summed E-state index contributed by atoms with van der Waals surface area (Å²) in [5, 5.41) is 17.1. The number of rotatable bonds is 12. The van der Waals surface area contributed by atoms with Gasteiger partial charge in [-0.3, -0.25) is 10.1 Å². The number of esters is 2. The van der Waals surface area contributed by atoms with Crippen molar-refractivity contribution in [3.63, 3.8) is 0 Å². The summed E-state index contributed by atoms with van der Waals surface area (Å²) in [7, 11) is 1.22. The molecule has 0 fully saturated rings. The fourth-order valence-corrected chi connectivity index (χ4v) is 4.44. The summed E-state index contributed by atoms with van der Waals surface area (Å²) in [5.74, 6) is -1.27. The number of hydrogen-bond acceptors (Lipinski definition) is 11. The summed E-state index contributed by atoms with van der Waals surface area (Å²) in [4.78, 5) is 48.7. The molecule has 13 heteroatoms. The number of hydrogen-bond donors (Lipinski definition) is 2. The fraction of sp³-hybridized carbons (Fsp3) is 0.387. The molecule has 0 spiro atoms. The molecule has 0 radical (unpaired) electrons. The Morgan fingerprint density at radius 2 is 1.50 bits per heavy atom. The highest BCUT2D eigenvalue weighted by Gasteiger charge is 2.38. The second-order valence-electron chi connectivity index (χ2n) is 10.7. The van der Waals surface area contributed by atoms with Gasteiger partial charge in [0, 0.05) is 23.5 Å². The second-order valence-corrected chi connectivity index (χ2v) is 10.7. The van der Waals surface area contributed by atoms with E-state index in [1.54, 1.807) is 65.0 Å². The zero-order valence-corrected chi connectivity index (χ0v) is 25.6. The van der Waals surface area contributed by atoms with Crippen LogP contribution >= 0.6 is 0 Å². The van der Waals surface area contributed by atoms with Crippen molar-refractivity contribution in [2.24, 2.45) is 0 Å². The van der Waals surface area contributed by atoms with Crippen molar-refractivity contribution >= 4 is 23.7 Å². The van der Waals surface area contributed by atoms with Gasteiger partial charge < -0.3 is 34.3 Å². The number of allylic oxidation sites excluding steroid dienone is 2. The average molecular weight is 612 g/mol. The smallest absolute Gasteiger partial charge is 0.407 e. The van der Waals surface area contributed by atoms with Gasteiger partial charge in [0.05, 0.1) is 35.6 Å². The van der Waals surface area contributed by atoms with E-state index in [1.165, 1.54) is 25.3 Å². The Labute approximate surface area is 255 Å². The van der Waals surface area contributed by atoms with Gasteiger partial charge in [-0.2, -0.15) is 0 Å². The van der Waals surface area contributed by atoms with Gasteiger partial charge in [0.25, 0.3) is 5.69 Å². The average Bonchev–Trinajstić information content (AvgIpc) is 2.96. The maximum Gasteiger partial charge on any atom is 0.407 e. The van der Waals surface area contributed by atoms with Crippen molar-refractivity contribution in [3.8, 4) is 11.5 Å². The summed E-state index contributed by atoms with van der Waals surface area (Å²) in [6.45, 7) is 9.09. The predicted octanol–water partition coefficient (Wildman–Crippen LogP) is 4.53. The molecule has 2 aromatic carbocycles. The van der Waals surface area contributed by atoms with Crippen LogP contribution < -0.4 is 20.1 Å². The Hall–Kier alpha value is -5.07. The molecule has 13 nitrogen and oxygen atoms in total. The quantitative estimate of drug-likeness (QED) is 0.114. The van der Waals surface area contributed by atoms with Crippen LogP contribution in [0.1, 0.15) is 46.1 Å². The minimum Gasteiger partial charge on any atom is -0.492 e. The van der Waals surface area contributed by atoms with Crippen LogP contribution in [-0.4, -0.2) is 62.0 Å². The van der Waals surface area contributed by atoms with Gasteiger partial charge >= 0.3 is 18.0 Å². The van der Waals surface area contributed by atoms with Gasteiger partial charge in [0.1, 0.15) is 36.9 Å². The zero-order chi connectivity index (χ0) is 32.4. The molecule has 0 saturated heterocycles. The molecule has 1 amide bonds. The first-order chi connectivity index (χ1) is 20.8. The summed E-state index contributed by atoms with van der Waals surface area (Å²) in [6, 6.07) is 12.5. The lowest BCUT2D eigenvalue weighted by molar-refractivity contribution is -0.384. The minimum absolute atomic E-state index is 0.0334. The van der Waals surface area contributed by atoms with Crippen molar-refractivity contribution in [1.82, 2.24) is 10.6 Å². The van der Waals surface area contributed by atoms with E-state index in [0.29, 0.717) is 28.5 Å². The summed E-state index contributed by atoms with van der Waals surface area (Å²) in [6.07, 6.45) is -0.521. The van der Waals surface area contributed by atoms with Gasteiger partial charge in [-0.1, -0.05) is 12.1 Å². The standard InChI is InChI=1S/C31H37N3O10/c1-19-25(28(35)40-6)27(21-8-7-9-22(18-21)34(38)39)26(20(2)33-19)29(36)43-17-16-42-24-12-10-23(11-13-24)41-15-14-32-30(37)44-31(3,4)5/h7-13,18,27,33H,14-17H2,1-6H3,(H,32,37). The van der Waals surface area contributed by atoms with Crippen molar-refractivity contribution in [1.29, 1.82) is 0 Å². The monoisotopic (exact) mass is 611 g/mol. The van der Waals surface area contributed by atoms with E-state index in [1.807, 2.05) is 0 Å². The first-order valence-electron chi connectivity index (χ1n) is 13.8.